The first-order valence-corrected chi connectivity index (χ1v) is 12.3. The van der Waals surface area contributed by atoms with Crippen molar-refractivity contribution in [3.8, 4) is 0 Å². The summed E-state index contributed by atoms with van der Waals surface area (Å²) in [5, 5.41) is 13.7. The molecule has 0 saturated heterocycles. The molecule has 0 aliphatic rings. The van der Waals surface area contributed by atoms with E-state index in [1.807, 2.05) is 23.7 Å². The molecule has 4 rings (SSSR count). The number of rotatable bonds is 7. The van der Waals surface area contributed by atoms with Gasteiger partial charge in [-0.2, -0.15) is 0 Å². The van der Waals surface area contributed by atoms with E-state index in [0.29, 0.717) is 18.7 Å². The zero-order valence-corrected chi connectivity index (χ0v) is 22.1. The molecule has 1 atom stereocenters. The fourth-order valence-electron chi connectivity index (χ4n) is 4.87. The van der Waals surface area contributed by atoms with E-state index in [0.717, 1.165) is 33.4 Å². The monoisotopic (exact) mass is 490 g/mol. The molecular weight excluding hydrogens is 455 g/mol. The molecule has 1 N–H and O–H groups in total. The third-order valence-corrected chi connectivity index (χ3v) is 6.48. The third-order valence-electron chi connectivity index (χ3n) is 6.48. The van der Waals surface area contributed by atoms with Gasteiger partial charge in [0.25, 0.3) is 5.56 Å². The smallest absolute Gasteiger partial charge is 0.252 e. The molecule has 0 spiro atoms. The molecule has 7 nitrogen and oxygen atoms in total. The number of fused-ring (bicyclic) bond motifs is 1. The Morgan fingerprint density at radius 3 is 2.39 bits per heavy atom. The lowest BCUT2D eigenvalue weighted by Crippen LogP contribution is -2.37. The van der Waals surface area contributed by atoms with Crippen LogP contribution in [0.1, 0.15) is 68.7 Å². The van der Waals surface area contributed by atoms with E-state index in [2.05, 4.69) is 73.0 Å². The molecular formula is C28H35FN6O. The lowest BCUT2D eigenvalue weighted by atomic mass is 9.98. The minimum absolute atomic E-state index is 0.116. The highest BCUT2D eigenvalue weighted by Gasteiger charge is 2.33. The van der Waals surface area contributed by atoms with Gasteiger partial charge in [-0.3, -0.25) is 9.69 Å². The van der Waals surface area contributed by atoms with Gasteiger partial charge in [-0.25, -0.2) is 9.07 Å². The van der Waals surface area contributed by atoms with Crippen LogP contribution in [0.5, 0.6) is 0 Å². The van der Waals surface area contributed by atoms with Gasteiger partial charge in [-0.1, -0.05) is 32.0 Å². The second-order valence-corrected chi connectivity index (χ2v) is 11.0. The van der Waals surface area contributed by atoms with Crippen molar-refractivity contribution in [2.45, 2.75) is 73.1 Å². The second-order valence-electron chi connectivity index (χ2n) is 11.0. The van der Waals surface area contributed by atoms with Crippen molar-refractivity contribution < 1.29 is 4.39 Å². The summed E-state index contributed by atoms with van der Waals surface area (Å²) in [6.07, 6.45) is 0. The first kappa shape index (κ1) is 25.7. The van der Waals surface area contributed by atoms with E-state index in [-0.39, 0.29) is 28.9 Å². The van der Waals surface area contributed by atoms with E-state index < -0.39 is 0 Å². The maximum absolute atomic E-state index is 13.6. The van der Waals surface area contributed by atoms with Crippen LogP contribution >= 0.6 is 0 Å². The van der Waals surface area contributed by atoms with Crippen LogP contribution < -0.4 is 5.56 Å². The number of hydrogen-bond donors (Lipinski definition) is 1. The Kier molecular flexibility index (Phi) is 7.09. The molecule has 0 bridgehead atoms. The summed E-state index contributed by atoms with van der Waals surface area (Å²) in [6, 6.07) is 12.4. The largest absolute Gasteiger partial charge is 0.322 e. The first-order chi connectivity index (χ1) is 16.9. The number of nitrogens with one attached hydrogen (secondary N) is 1. The average Bonchev–Trinajstić information content (AvgIpc) is 3.26. The highest BCUT2D eigenvalue weighted by atomic mass is 19.1. The number of pyridine rings is 1. The SMILES string of the molecule is Cc1cc(C)c2cc(CN(Cc3ccc(F)cc3)[C@@H](c3nnnn3C(C)(C)C)C(C)C)c(=O)[nH]c2c1. The van der Waals surface area contributed by atoms with Crippen molar-refractivity contribution in [2.75, 3.05) is 0 Å². The van der Waals surface area contributed by atoms with Gasteiger partial charge in [0.15, 0.2) is 5.82 Å². The summed E-state index contributed by atoms with van der Waals surface area (Å²) in [5.41, 5.74) is 4.24. The predicted octanol–water partition coefficient (Wildman–Crippen LogP) is 5.43. The molecule has 0 aliphatic carbocycles. The summed E-state index contributed by atoms with van der Waals surface area (Å²) in [6.45, 7) is 15.4. The van der Waals surface area contributed by atoms with E-state index in [9.17, 15) is 9.18 Å². The topological polar surface area (TPSA) is 79.7 Å². The molecule has 2 aromatic carbocycles. The number of halogens is 1. The zero-order valence-electron chi connectivity index (χ0n) is 22.1. The highest BCUT2D eigenvalue weighted by molar-refractivity contribution is 5.83. The molecule has 36 heavy (non-hydrogen) atoms. The van der Waals surface area contributed by atoms with Crippen LogP contribution in [0.25, 0.3) is 10.9 Å². The Balaban J connectivity index is 1.83. The number of benzene rings is 2. The van der Waals surface area contributed by atoms with Crippen molar-refractivity contribution in [3.63, 3.8) is 0 Å². The predicted molar refractivity (Wildman–Crippen MR) is 140 cm³/mol. The van der Waals surface area contributed by atoms with Crippen LogP contribution in [-0.4, -0.2) is 30.1 Å². The number of aromatic amines is 1. The summed E-state index contributed by atoms with van der Waals surface area (Å²) >= 11 is 0. The zero-order chi connectivity index (χ0) is 26.2. The molecule has 0 unspecified atom stereocenters. The van der Waals surface area contributed by atoms with Crippen molar-refractivity contribution in [1.82, 2.24) is 30.1 Å². The van der Waals surface area contributed by atoms with Gasteiger partial charge in [-0.05, 0) is 91.9 Å². The minimum Gasteiger partial charge on any atom is -0.322 e. The molecule has 2 heterocycles. The van der Waals surface area contributed by atoms with E-state index >= 15 is 0 Å². The van der Waals surface area contributed by atoms with Crippen LogP contribution in [-0.2, 0) is 18.6 Å². The molecule has 8 heteroatoms. The maximum Gasteiger partial charge on any atom is 0.252 e. The minimum atomic E-state index is -0.317. The lowest BCUT2D eigenvalue weighted by Gasteiger charge is -2.35. The number of aromatic nitrogens is 5. The summed E-state index contributed by atoms with van der Waals surface area (Å²) in [7, 11) is 0. The van der Waals surface area contributed by atoms with Gasteiger partial charge in [-0.15, -0.1) is 5.10 Å². The first-order valence-electron chi connectivity index (χ1n) is 12.3. The van der Waals surface area contributed by atoms with E-state index in [1.165, 1.54) is 12.1 Å². The summed E-state index contributed by atoms with van der Waals surface area (Å²) in [4.78, 5) is 18.5. The molecule has 4 aromatic rings. The van der Waals surface area contributed by atoms with E-state index in [4.69, 9.17) is 0 Å². The van der Waals surface area contributed by atoms with Crippen molar-refractivity contribution in [2.24, 2.45) is 5.92 Å². The quantitative estimate of drug-likeness (QED) is 0.374. The second kappa shape index (κ2) is 9.93. The van der Waals surface area contributed by atoms with Gasteiger partial charge >= 0.3 is 0 Å². The molecule has 0 amide bonds. The number of aryl methyl sites for hydroxylation is 2. The Labute approximate surface area is 211 Å². The van der Waals surface area contributed by atoms with E-state index in [1.54, 1.807) is 12.1 Å². The third kappa shape index (κ3) is 5.38. The average molecular weight is 491 g/mol. The fraction of sp³-hybridized carbons (Fsp3) is 0.429. The number of nitrogens with zero attached hydrogens (tertiary/aromatic N) is 5. The summed E-state index contributed by atoms with van der Waals surface area (Å²) in [5.74, 6) is 0.601. The standard InChI is InChI=1S/C28H35FN6O/c1-17(2)25(26-31-32-33-35(26)28(5,6)7)34(15-20-8-10-22(29)11-9-20)16-21-14-23-19(4)12-18(3)13-24(23)30-27(21)36/h8-14,17,25H,15-16H2,1-7H3,(H,30,36)/t25-/m1/s1. The van der Waals surface area contributed by atoms with Crippen LogP contribution in [0, 0.1) is 25.6 Å². The summed E-state index contributed by atoms with van der Waals surface area (Å²) < 4.78 is 15.5. The molecule has 190 valence electrons. The normalized spacial score (nSPS) is 13.2. The Hall–Kier alpha value is -3.39. The highest BCUT2D eigenvalue weighted by Crippen LogP contribution is 2.32. The van der Waals surface area contributed by atoms with Crippen molar-refractivity contribution >= 4 is 10.9 Å². The van der Waals surface area contributed by atoms with Crippen LogP contribution in [0.4, 0.5) is 4.39 Å². The van der Waals surface area contributed by atoms with Gasteiger partial charge in [0.05, 0.1) is 11.6 Å². The van der Waals surface area contributed by atoms with Gasteiger partial charge in [0, 0.05) is 29.6 Å². The number of tetrazole rings is 1. The van der Waals surface area contributed by atoms with Crippen LogP contribution in [0.3, 0.4) is 0 Å². The van der Waals surface area contributed by atoms with Gasteiger partial charge in [0.2, 0.25) is 0 Å². The van der Waals surface area contributed by atoms with Crippen LogP contribution in [0.15, 0.2) is 47.3 Å². The molecule has 0 saturated carbocycles. The maximum atomic E-state index is 13.6. The number of H-pyrrole nitrogens is 1. The Morgan fingerprint density at radius 2 is 1.75 bits per heavy atom. The lowest BCUT2D eigenvalue weighted by molar-refractivity contribution is 0.119. The van der Waals surface area contributed by atoms with Crippen LogP contribution in [0.2, 0.25) is 0 Å². The molecule has 0 fully saturated rings. The van der Waals surface area contributed by atoms with Crippen molar-refractivity contribution in [1.29, 1.82) is 0 Å². The molecule has 0 radical (unpaired) electrons. The number of hydrogen-bond acceptors (Lipinski definition) is 5. The van der Waals surface area contributed by atoms with Gasteiger partial charge in [0.1, 0.15) is 5.82 Å². The Morgan fingerprint density at radius 1 is 1.06 bits per heavy atom. The molecule has 0 aliphatic heterocycles. The molecule has 2 aromatic heterocycles. The fourth-order valence-corrected chi connectivity index (χ4v) is 4.87. The van der Waals surface area contributed by atoms with Crippen molar-refractivity contribution in [3.05, 3.63) is 86.7 Å². The Bertz CT molecular complexity index is 1410. The van der Waals surface area contributed by atoms with Gasteiger partial charge < -0.3 is 4.98 Å².